The van der Waals surface area contributed by atoms with Crippen LogP contribution in [0.3, 0.4) is 0 Å². The molecule has 1 aliphatic carbocycles. The molecule has 1 fully saturated rings. The van der Waals surface area contributed by atoms with Crippen molar-refractivity contribution >= 4 is 5.69 Å². The van der Waals surface area contributed by atoms with Crippen LogP contribution >= 0.6 is 0 Å². The molecule has 0 radical (unpaired) electrons. The van der Waals surface area contributed by atoms with E-state index < -0.39 is 0 Å². The van der Waals surface area contributed by atoms with Crippen molar-refractivity contribution in [2.24, 2.45) is 0 Å². The zero-order valence-electron chi connectivity index (χ0n) is 9.81. The fourth-order valence-corrected chi connectivity index (χ4v) is 1.69. The third-order valence-electron chi connectivity index (χ3n) is 2.75. The molecule has 92 valence electrons. The second-order valence-corrected chi connectivity index (χ2v) is 4.26. The van der Waals surface area contributed by atoms with Crippen LogP contribution in [0.4, 0.5) is 5.69 Å². The van der Waals surface area contributed by atoms with Crippen LogP contribution in [0.2, 0.25) is 0 Å². The molecule has 5 heteroatoms. The van der Waals surface area contributed by atoms with E-state index in [2.05, 4.69) is 5.32 Å². The molecular formula is C12H16N2O3. The van der Waals surface area contributed by atoms with Gasteiger partial charge >= 0.3 is 5.69 Å². The third kappa shape index (κ3) is 3.17. The molecule has 2 rings (SSSR count). The van der Waals surface area contributed by atoms with Gasteiger partial charge in [-0.25, -0.2) is 0 Å². The molecule has 1 N–H and O–H groups in total. The van der Waals surface area contributed by atoms with E-state index in [1.165, 1.54) is 12.8 Å². The first-order valence-electron chi connectivity index (χ1n) is 5.78. The predicted molar refractivity (Wildman–Crippen MR) is 64.4 cm³/mol. The lowest BCUT2D eigenvalue weighted by atomic mass is 10.2. The second-order valence-electron chi connectivity index (χ2n) is 4.26. The molecule has 1 aliphatic rings. The maximum absolute atomic E-state index is 10.9. The number of nitrogens with one attached hydrogen (secondary N) is 1. The van der Waals surface area contributed by atoms with Gasteiger partial charge in [0.1, 0.15) is 6.61 Å². The first kappa shape index (κ1) is 11.9. The van der Waals surface area contributed by atoms with Crippen molar-refractivity contribution in [3.63, 3.8) is 0 Å². The largest absolute Gasteiger partial charge is 0.485 e. The molecule has 0 heterocycles. The molecule has 0 aliphatic heterocycles. The Bertz CT molecular complexity index is 416. The highest BCUT2D eigenvalue weighted by Crippen LogP contribution is 2.29. The first-order chi connectivity index (χ1) is 8.18. The number of rotatable bonds is 6. The van der Waals surface area contributed by atoms with E-state index >= 15 is 0 Å². The van der Waals surface area contributed by atoms with Gasteiger partial charge in [-0.1, -0.05) is 12.1 Å². The van der Waals surface area contributed by atoms with Gasteiger partial charge in [-0.05, 0) is 25.8 Å². The summed E-state index contributed by atoms with van der Waals surface area (Å²) in [7, 11) is 0. The van der Waals surface area contributed by atoms with Gasteiger partial charge in [0.05, 0.1) is 4.92 Å². The van der Waals surface area contributed by atoms with Gasteiger partial charge in [0, 0.05) is 18.2 Å². The minimum Gasteiger partial charge on any atom is -0.485 e. The number of benzene rings is 1. The van der Waals surface area contributed by atoms with Crippen LogP contribution in [-0.2, 0) is 0 Å². The number of hydrogen-bond acceptors (Lipinski definition) is 4. The van der Waals surface area contributed by atoms with Crippen molar-refractivity contribution in [1.82, 2.24) is 5.32 Å². The molecule has 0 saturated heterocycles. The molecule has 0 spiro atoms. The number of ether oxygens (including phenoxy) is 1. The molecule has 1 saturated carbocycles. The summed E-state index contributed by atoms with van der Waals surface area (Å²) in [4.78, 5) is 10.5. The van der Waals surface area contributed by atoms with Crippen LogP contribution in [0.5, 0.6) is 5.75 Å². The van der Waals surface area contributed by atoms with Crippen LogP contribution in [0.25, 0.3) is 0 Å². The van der Waals surface area contributed by atoms with Gasteiger partial charge in [-0.15, -0.1) is 0 Å². The molecule has 0 aromatic heterocycles. The van der Waals surface area contributed by atoms with Crippen molar-refractivity contribution in [3.05, 3.63) is 33.9 Å². The van der Waals surface area contributed by atoms with E-state index in [1.54, 1.807) is 25.1 Å². The summed E-state index contributed by atoms with van der Waals surface area (Å²) in [6, 6.07) is 5.76. The molecule has 1 aromatic carbocycles. The third-order valence-corrected chi connectivity index (χ3v) is 2.75. The highest BCUT2D eigenvalue weighted by atomic mass is 16.6. The van der Waals surface area contributed by atoms with Gasteiger partial charge < -0.3 is 10.1 Å². The monoisotopic (exact) mass is 236 g/mol. The van der Waals surface area contributed by atoms with Crippen LogP contribution in [0.1, 0.15) is 18.4 Å². The summed E-state index contributed by atoms with van der Waals surface area (Å²) in [5.74, 6) is 0.354. The molecule has 0 unspecified atom stereocenters. The van der Waals surface area contributed by atoms with Gasteiger partial charge in [0.25, 0.3) is 0 Å². The Morgan fingerprint density at radius 1 is 1.53 bits per heavy atom. The van der Waals surface area contributed by atoms with E-state index in [4.69, 9.17) is 4.74 Å². The van der Waals surface area contributed by atoms with Gasteiger partial charge in [-0.2, -0.15) is 0 Å². The molecular weight excluding hydrogens is 220 g/mol. The van der Waals surface area contributed by atoms with E-state index in [0.29, 0.717) is 24.0 Å². The van der Waals surface area contributed by atoms with Crippen molar-refractivity contribution in [2.75, 3.05) is 13.2 Å². The second kappa shape index (κ2) is 5.14. The zero-order valence-corrected chi connectivity index (χ0v) is 9.81. The smallest absolute Gasteiger partial charge is 0.313 e. The van der Waals surface area contributed by atoms with E-state index in [1.807, 2.05) is 0 Å². The van der Waals surface area contributed by atoms with Gasteiger partial charge in [-0.3, -0.25) is 10.1 Å². The first-order valence-corrected chi connectivity index (χ1v) is 5.78. The van der Waals surface area contributed by atoms with Gasteiger partial charge in [0.2, 0.25) is 0 Å². The Labute approximate surface area is 99.9 Å². The molecule has 5 nitrogen and oxygen atoms in total. The zero-order chi connectivity index (χ0) is 12.3. The standard InChI is InChI=1S/C12H16N2O3/c1-9-3-2-4-11(12(9)14(15)16)17-8-7-13-10-5-6-10/h2-4,10,13H,5-8H2,1H3. The lowest BCUT2D eigenvalue weighted by Crippen LogP contribution is -2.23. The molecule has 0 atom stereocenters. The Hall–Kier alpha value is -1.62. The van der Waals surface area contributed by atoms with Crippen molar-refractivity contribution in [2.45, 2.75) is 25.8 Å². The summed E-state index contributed by atoms with van der Waals surface area (Å²) >= 11 is 0. The summed E-state index contributed by atoms with van der Waals surface area (Å²) in [6.07, 6.45) is 2.45. The predicted octanol–water partition coefficient (Wildman–Crippen LogP) is 2.03. The molecule has 1 aromatic rings. The summed E-state index contributed by atoms with van der Waals surface area (Å²) in [5.41, 5.74) is 0.696. The van der Waals surface area contributed by atoms with Crippen molar-refractivity contribution < 1.29 is 9.66 Å². The number of nitrogens with zero attached hydrogens (tertiary/aromatic N) is 1. The number of nitro groups is 1. The van der Waals surface area contributed by atoms with Crippen molar-refractivity contribution in [3.8, 4) is 5.75 Å². The van der Waals surface area contributed by atoms with E-state index in [0.717, 1.165) is 6.54 Å². The fraction of sp³-hybridized carbons (Fsp3) is 0.500. The normalized spacial score (nSPS) is 14.6. The summed E-state index contributed by atoms with van der Waals surface area (Å²) in [5, 5.41) is 14.2. The van der Waals surface area contributed by atoms with Gasteiger partial charge in [0.15, 0.2) is 5.75 Å². The van der Waals surface area contributed by atoms with Crippen LogP contribution in [-0.4, -0.2) is 24.1 Å². The number of nitro benzene ring substituents is 1. The topological polar surface area (TPSA) is 64.4 Å². The number of para-hydroxylation sites is 1. The number of aryl methyl sites for hydroxylation is 1. The lowest BCUT2D eigenvalue weighted by molar-refractivity contribution is -0.386. The van der Waals surface area contributed by atoms with Crippen LogP contribution in [0, 0.1) is 17.0 Å². The average molecular weight is 236 g/mol. The van der Waals surface area contributed by atoms with Crippen LogP contribution < -0.4 is 10.1 Å². The fourth-order valence-electron chi connectivity index (χ4n) is 1.69. The Kier molecular flexibility index (Phi) is 3.58. The van der Waals surface area contributed by atoms with Crippen LogP contribution in [0.15, 0.2) is 18.2 Å². The van der Waals surface area contributed by atoms with Crippen molar-refractivity contribution in [1.29, 1.82) is 0 Å². The minimum atomic E-state index is -0.390. The summed E-state index contributed by atoms with van der Waals surface area (Å²) < 4.78 is 5.45. The Morgan fingerprint density at radius 2 is 2.29 bits per heavy atom. The maximum Gasteiger partial charge on any atom is 0.313 e. The Balaban J connectivity index is 1.93. The molecule has 0 bridgehead atoms. The number of hydrogen-bond donors (Lipinski definition) is 1. The highest BCUT2D eigenvalue weighted by Gasteiger charge is 2.20. The summed E-state index contributed by atoms with van der Waals surface area (Å²) in [6.45, 7) is 2.91. The quantitative estimate of drug-likeness (QED) is 0.466. The Morgan fingerprint density at radius 3 is 2.94 bits per heavy atom. The lowest BCUT2D eigenvalue weighted by Gasteiger charge is -2.08. The van der Waals surface area contributed by atoms with E-state index in [9.17, 15) is 10.1 Å². The minimum absolute atomic E-state index is 0.0684. The maximum atomic E-state index is 10.9. The molecule has 17 heavy (non-hydrogen) atoms. The average Bonchev–Trinajstić information content (AvgIpc) is 3.07. The highest BCUT2D eigenvalue weighted by molar-refractivity contribution is 5.51. The SMILES string of the molecule is Cc1cccc(OCCNC2CC2)c1[N+](=O)[O-]. The molecule has 0 amide bonds. The van der Waals surface area contributed by atoms with E-state index in [-0.39, 0.29) is 10.6 Å².